The summed E-state index contributed by atoms with van der Waals surface area (Å²) in [6.45, 7) is 12.7. The van der Waals surface area contributed by atoms with E-state index in [1.807, 2.05) is 32.0 Å². The number of aryl methyl sites for hydroxylation is 1. The van der Waals surface area contributed by atoms with Crippen molar-refractivity contribution in [2.75, 3.05) is 31.5 Å². The summed E-state index contributed by atoms with van der Waals surface area (Å²) in [5, 5.41) is 5.85. The Labute approximate surface area is 230 Å². The van der Waals surface area contributed by atoms with Crippen LogP contribution >= 0.6 is 0 Å². The maximum Gasteiger partial charge on any atom is 0.256 e. The summed E-state index contributed by atoms with van der Waals surface area (Å²) in [5.74, 6) is -0.613. The Hall–Kier alpha value is -3.69. The molecule has 3 aromatic rings. The van der Waals surface area contributed by atoms with E-state index in [2.05, 4.69) is 34.4 Å². The maximum atomic E-state index is 13.3. The van der Waals surface area contributed by atoms with Crippen LogP contribution in [0.15, 0.2) is 47.4 Å². The second-order valence-corrected chi connectivity index (χ2v) is 11.8. The van der Waals surface area contributed by atoms with Crippen LogP contribution in [0.25, 0.3) is 11.6 Å². The number of anilines is 1. The van der Waals surface area contributed by atoms with E-state index < -0.39 is 9.84 Å². The third kappa shape index (κ3) is 5.84. The second-order valence-electron chi connectivity index (χ2n) is 9.81. The lowest BCUT2D eigenvalue weighted by molar-refractivity contribution is -0.110. The molecule has 0 atom stereocenters. The van der Waals surface area contributed by atoms with Gasteiger partial charge in [-0.05, 0) is 68.8 Å². The van der Waals surface area contributed by atoms with E-state index >= 15 is 0 Å². The van der Waals surface area contributed by atoms with Crippen molar-refractivity contribution in [1.82, 2.24) is 15.2 Å². The molecule has 0 aliphatic carbocycles. The Bertz CT molecular complexity index is 1530. The number of nitrogens with one attached hydrogen (secondary N) is 3. The molecule has 0 saturated heterocycles. The van der Waals surface area contributed by atoms with Gasteiger partial charge in [0.25, 0.3) is 11.8 Å². The van der Waals surface area contributed by atoms with E-state index in [4.69, 9.17) is 0 Å². The van der Waals surface area contributed by atoms with Gasteiger partial charge in [0.1, 0.15) is 0 Å². The van der Waals surface area contributed by atoms with Gasteiger partial charge in [-0.1, -0.05) is 44.2 Å². The molecule has 0 spiro atoms. The Kier molecular flexibility index (Phi) is 8.42. The summed E-state index contributed by atoms with van der Waals surface area (Å²) in [4.78, 5) is 31.7. The highest BCUT2D eigenvalue weighted by atomic mass is 32.2. The van der Waals surface area contributed by atoms with Crippen LogP contribution in [-0.2, 0) is 20.4 Å². The largest absolute Gasteiger partial charge is 0.358 e. The molecule has 0 radical (unpaired) electrons. The van der Waals surface area contributed by atoms with Gasteiger partial charge in [-0.25, -0.2) is 8.42 Å². The first-order valence-electron chi connectivity index (χ1n) is 13.2. The standard InChI is InChI=1S/C30H36N4O4S/c1-6-34(7-2)16-15-31-30(36)27-19(3)25(32-21(27)5)17-23-28-20(4)26(14-13-24(28)33-29(23)35)39(37,38)18-22-11-9-8-10-12-22/h8-14,17,32H,6-7,15-16,18H2,1-5H3,(H,31,36)(H,33,35)/b23-17-. The van der Waals surface area contributed by atoms with Gasteiger partial charge in [0.05, 0.1) is 21.8 Å². The maximum absolute atomic E-state index is 13.3. The van der Waals surface area contributed by atoms with E-state index in [-0.39, 0.29) is 22.5 Å². The summed E-state index contributed by atoms with van der Waals surface area (Å²) in [5.41, 5.74) is 5.32. The van der Waals surface area contributed by atoms with Gasteiger partial charge in [-0.3, -0.25) is 9.59 Å². The van der Waals surface area contributed by atoms with Gasteiger partial charge in [0.15, 0.2) is 9.84 Å². The fourth-order valence-electron chi connectivity index (χ4n) is 5.15. The van der Waals surface area contributed by atoms with Crippen molar-refractivity contribution < 1.29 is 18.0 Å². The number of hydrogen-bond donors (Lipinski definition) is 3. The molecule has 1 aliphatic rings. The van der Waals surface area contributed by atoms with Gasteiger partial charge in [-0.15, -0.1) is 0 Å². The highest BCUT2D eigenvalue weighted by Crippen LogP contribution is 2.39. The molecule has 2 heterocycles. The first-order chi connectivity index (χ1) is 18.6. The topological polar surface area (TPSA) is 111 Å². The summed E-state index contributed by atoms with van der Waals surface area (Å²) in [7, 11) is -3.65. The number of fused-ring (bicyclic) bond motifs is 1. The number of benzene rings is 2. The van der Waals surface area contributed by atoms with Crippen LogP contribution < -0.4 is 10.6 Å². The fraction of sp³-hybridized carbons (Fsp3) is 0.333. The van der Waals surface area contributed by atoms with E-state index in [1.54, 1.807) is 37.3 Å². The van der Waals surface area contributed by atoms with Crippen molar-refractivity contribution in [2.45, 2.75) is 45.3 Å². The molecule has 39 heavy (non-hydrogen) atoms. The molecule has 8 nitrogen and oxygen atoms in total. The predicted molar refractivity (Wildman–Crippen MR) is 155 cm³/mol. The Morgan fingerprint density at radius 2 is 1.69 bits per heavy atom. The van der Waals surface area contributed by atoms with Crippen LogP contribution in [0.1, 0.15) is 57.8 Å². The van der Waals surface area contributed by atoms with Gasteiger partial charge in [-0.2, -0.15) is 0 Å². The number of likely N-dealkylation sites (N-methyl/N-ethyl adjacent to an activating group) is 1. The second kappa shape index (κ2) is 11.6. The van der Waals surface area contributed by atoms with Crippen molar-refractivity contribution in [1.29, 1.82) is 0 Å². The third-order valence-corrected chi connectivity index (χ3v) is 9.14. The number of sulfone groups is 1. The highest BCUT2D eigenvalue weighted by Gasteiger charge is 2.31. The molecule has 1 aromatic heterocycles. The highest BCUT2D eigenvalue weighted by molar-refractivity contribution is 7.90. The molecule has 2 amide bonds. The van der Waals surface area contributed by atoms with E-state index in [1.165, 1.54) is 0 Å². The average molecular weight is 549 g/mol. The normalized spacial score (nSPS) is 14.1. The summed E-state index contributed by atoms with van der Waals surface area (Å²) < 4.78 is 26.7. The van der Waals surface area contributed by atoms with E-state index in [9.17, 15) is 18.0 Å². The minimum atomic E-state index is -3.65. The number of aromatic nitrogens is 1. The smallest absolute Gasteiger partial charge is 0.256 e. The zero-order valence-electron chi connectivity index (χ0n) is 23.1. The molecule has 1 aliphatic heterocycles. The third-order valence-electron chi connectivity index (χ3n) is 7.31. The molecule has 2 aromatic carbocycles. The SMILES string of the molecule is CCN(CC)CCNC(=O)c1c(C)[nH]c(/C=C2\C(=O)Nc3ccc(S(=O)(=O)Cc4ccccc4)c(C)c32)c1C. The van der Waals surface area contributed by atoms with Crippen molar-refractivity contribution in [3.05, 3.63) is 81.7 Å². The summed E-state index contributed by atoms with van der Waals surface area (Å²) in [6, 6.07) is 12.2. The minimum Gasteiger partial charge on any atom is -0.358 e. The molecule has 206 valence electrons. The number of aromatic amines is 1. The van der Waals surface area contributed by atoms with Crippen LogP contribution in [0.3, 0.4) is 0 Å². The molecule has 0 fully saturated rings. The van der Waals surface area contributed by atoms with Crippen LogP contribution in [0.5, 0.6) is 0 Å². The molecule has 0 bridgehead atoms. The average Bonchev–Trinajstić information content (AvgIpc) is 3.37. The summed E-state index contributed by atoms with van der Waals surface area (Å²) in [6.07, 6.45) is 1.71. The number of amides is 2. The lowest BCUT2D eigenvalue weighted by Crippen LogP contribution is -2.35. The lowest BCUT2D eigenvalue weighted by atomic mass is 9.99. The van der Waals surface area contributed by atoms with Crippen molar-refractivity contribution >= 4 is 39.0 Å². The Morgan fingerprint density at radius 1 is 1.00 bits per heavy atom. The number of rotatable bonds is 10. The quantitative estimate of drug-likeness (QED) is 0.324. The van der Waals surface area contributed by atoms with Gasteiger partial charge >= 0.3 is 0 Å². The van der Waals surface area contributed by atoms with Crippen molar-refractivity contribution in [3.63, 3.8) is 0 Å². The minimum absolute atomic E-state index is 0.129. The number of H-pyrrole nitrogens is 1. The van der Waals surface area contributed by atoms with Crippen LogP contribution in [0, 0.1) is 20.8 Å². The zero-order chi connectivity index (χ0) is 28.3. The molecule has 3 N–H and O–H groups in total. The summed E-state index contributed by atoms with van der Waals surface area (Å²) >= 11 is 0. The first kappa shape index (κ1) is 28.3. The zero-order valence-corrected chi connectivity index (χ0v) is 24.0. The molecule has 9 heteroatoms. The van der Waals surface area contributed by atoms with E-state index in [0.717, 1.165) is 25.2 Å². The number of hydrogen-bond acceptors (Lipinski definition) is 5. The Morgan fingerprint density at radius 3 is 2.36 bits per heavy atom. The van der Waals surface area contributed by atoms with Crippen LogP contribution in [0.2, 0.25) is 0 Å². The number of nitrogens with zero attached hydrogens (tertiary/aromatic N) is 1. The van der Waals surface area contributed by atoms with Crippen molar-refractivity contribution in [2.24, 2.45) is 0 Å². The molecular weight excluding hydrogens is 512 g/mol. The lowest BCUT2D eigenvalue weighted by Gasteiger charge is -2.18. The van der Waals surface area contributed by atoms with Crippen LogP contribution in [0.4, 0.5) is 5.69 Å². The van der Waals surface area contributed by atoms with Gasteiger partial charge in [0.2, 0.25) is 0 Å². The molecular formula is C30H36N4O4S. The first-order valence-corrected chi connectivity index (χ1v) is 14.9. The van der Waals surface area contributed by atoms with Crippen molar-refractivity contribution in [3.8, 4) is 0 Å². The number of carbonyl (C=O) groups excluding carboxylic acids is 2. The fourth-order valence-corrected chi connectivity index (χ4v) is 6.78. The molecule has 0 unspecified atom stereocenters. The van der Waals surface area contributed by atoms with Crippen LogP contribution in [-0.4, -0.2) is 56.3 Å². The molecule has 4 rings (SSSR count). The Balaban J connectivity index is 1.65. The monoisotopic (exact) mass is 548 g/mol. The van der Waals surface area contributed by atoms with E-state index in [0.29, 0.717) is 51.4 Å². The van der Waals surface area contributed by atoms with Gasteiger partial charge in [0, 0.05) is 35.7 Å². The predicted octanol–water partition coefficient (Wildman–Crippen LogP) is 4.48. The number of carbonyl (C=O) groups is 2. The molecule has 0 saturated carbocycles. The van der Waals surface area contributed by atoms with Gasteiger partial charge < -0.3 is 20.5 Å².